The molecule has 8 heteroatoms. The van der Waals surface area contributed by atoms with Crippen LogP contribution in [0.2, 0.25) is 0 Å². The molecular weight excluding hydrogens is 506 g/mol. The molecule has 8 nitrogen and oxygen atoms in total. The first-order valence-electron chi connectivity index (χ1n) is 13.2. The number of aromatic nitrogens is 1. The molecule has 1 aromatic heterocycles. The Hall–Kier alpha value is -4.59. The second-order valence-electron chi connectivity index (χ2n) is 10.8. The van der Waals surface area contributed by atoms with Crippen LogP contribution in [0.4, 0.5) is 5.69 Å². The van der Waals surface area contributed by atoms with Crippen molar-refractivity contribution >= 4 is 17.5 Å². The monoisotopic (exact) mass is 539 g/mol. The van der Waals surface area contributed by atoms with Crippen molar-refractivity contribution in [3.05, 3.63) is 107 Å². The van der Waals surface area contributed by atoms with Crippen LogP contribution < -0.4 is 14.8 Å². The molecule has 2 amide bonds. The lowest BCUT2D eigenvalue weighted by Crippen LogP contribution is -2.45. The molecule has 1 N–H and O–H groups in total. The largest absolute Gasteiger partial charge is 0.497 e. The Kier molecular flexibility index (Phi) is 7.60. The fraction of sp³-hybridized carbons (Fsp3) is 0.281. The van der Waals surface area contributed by atoms with E-state index in [1.54, 1.807) is 31.4 Å². The third kappa shape index (κ3) is 5.86. The molecule has 0 saturated heterocycles. The first kappa shape index (κ1) is 27.0. The van der Waals surface area contributed by atoms with Gasteiger partial charge in [0.2, 0.25) is 11.8 Å². The predicted octanol–water partition coefficient (Wildman–Crippen LogP) is 6.03. The van der Waals surface area contributed by atoms with Crippen molar-refractivity contribution in [2.75, 3.05) is 19.0 Å². The number of ether oxygens (including phenoxy) is 2. The van der Waals surface area contributed by atoms with Gasteiger partial charge in [0.15, 0.2) is 12.3 Å². The molecular formula is C32H33N3O5. The van der Waals surface area contributed by atoms with Crippen LogP contribution in [0.3, 0.4) is 0 Å². The number of carbonyl (C=O) groups is 2. The van der Waals surface area contributed by atoms with Crippen LogP contribution in [0.25, 0.3) is 0 Å². The van der Waals surface area contributed by atoms with Crippen molar-refractivity contribution in [1.29, 1.82) is 0 Å². The maximum Gasteiger partial charge on any atom is 0.277 e. The van der Waals surface area contributed by atoms with Gasteiger partial charge in [0.25, 0.3) is 5.91 Å². The van der Waals surface area contributed by atoms with Gasteiger partial charge in [-0.05, 0) is 59.5 Å². The van der Waals surface area contributed by atoms with E-state index in [1.165, 1.54) is 11.8 Å². The zero-order valence-corrected chi connectivity index (χ0v) is 23.1. The van der Waals surface area contributed by atoms with Gasteiger partial charge in [-0.2, -0.15) is 0 Å². The second-order valence-corrected chi connectivity index (χ2v) is 10.8. The molecule has 1 aliphatic heterocycles. The van der Waals surface area contributed by atoms with Gasteiger partial charge in [-0.15, -0.1) is 0 Å². The number of fused-ring (bicyclic) bond motifs is 1. The molecule has 0 saturated carbocycles. The minimum absolute atomic E-state index is 0.0508. The van der Waals surface area contributed by atoms with Gasteiger partial charge in [-0.25, -0.2) is 4.98 Å². The second kappa shape index (κ2) is 11.3. The van der Waals surface area contributed by atoms with Crippen molar-refractivity contribution in [3.8, 4) is 11.5 Å². The summed E-state index contributed by atoms with van der Waals surface area (Å²) < 4.78 is 16.7. The van der Waals surface area contributed by atoms with Crippen LogP contribution in [0.1, 0.15) is 59.9 Å². The summed E-state index contributed by atoms with van der Waals surface area (Å²) in [6, 6.07) is 22.9. The number of amides is 2. The molecule has 3 aromatic carbocycles. The minimum atomic E-state index is -0.499. The third-order valence-corrected chi connectivity index (χ3v) is 6.86. The number of nitrogens with one attached hydrogen (secondary N) is 1. The summed E-state index contributed by atoms with van der Waals surface area (Å²) in [7, 11) is 1.58. The molecule has 0 fully saturated rings. The Morgan fingerprint density at radius 2 is 1.75 bits per heavy atom. The highest BCUT2D eigenvalue weighted by Crippen LogP contribution is 2.39. The molecule has 206 valence electrons. The fourth-order valence-electron chi connectivity index (χ4n) is 4.82. The number of hydrogen-bond acceptors (Lipinski definition) is 6. The predicted molar refractivity (Wildman–Crippen MR) is 151 cm³/mol. The van der Waals surface area contributed by atoms with Crippen LogP contribution >= 0.6 is 0 Å². The first-order chi connectivity index (χ1) is 19.2. The van der Waals surface area contributed by atoms with Crippen LogP contribution in [0.5, 0.6) is 11.5 Å². The lowest BCUT2D eigenvalue weighted by Gasteiger charge is -2.41. The highest BCUT2D eigenvalue weighted by Gasteiger charge is 2.37. The van der Waals surface area contributed by atoms with Crippen molar-refractivity contribution in [1.82, 2.24) is 9.88 Å². The van der Waals surface area contributed by atoms with E-state index in [4.69, 9.17) is 13.9 Å². The quantitative estimate of drug-likeness (QED) is 0.308. The Balaban J connectivity index is 1.32. The van der Waals surface area contributed by atoms with Crippen LogP contribution in [0.15, 0.2) is 83.5 Å². The number of methoxy groups -OCH3 is 1. The van der Waals surface area contributed by atoms with Gasteiger partial charge in [0.1, 0.15) is 17.8 Å². The van der Waals surface area contributed by atoms with E-state index >= 15 is 0 Å². The molecule has 40 heavy (non-hydrogen) atoms. The van der Waals surface area contributed by atoms with E-state index < -0.39 is 5.41 Å². The van der Waals surface area contributed by atoms with E-state index in [0.717, 1.165) is 17.5 Å². The fourth-order valence-corrected chi connectivity index (χ4v) is 4.82. The van der Waals surface area contributed by atoms with Gasteiger partial charge >= 0.3 is 0 Å². The van der Waals surface area contributed by atoms with E-state index in [-0.39, 0.29) is 36.0 Å². The Labute approximate surface area is 233 Å². The molecule has 0 spiro atoms. The minimum Gasteiger partial charge on any atom is -0.497 e. The van der Waals surface area contributed by atoms with Gasteiger partial charge in [-0.3, -0.25) is 9.59 Å². The number of rotatable bonds is 7. The first-order valence-corrected chi connectivity index (χ1v) is 13.2. The number of benzene rings is 3. The topological polar surface area (TPSA) is 93.9 Å². The Morgan fingerprint density at radius 1 is 1.02 bits per heavy atom. The van der Waals surface area contributed by atoms with Crippen molar-refractivity contribution in [3.63, 3.8) is 0 Å². The smallest absolute Gasteiger partial charge is 0.277 e. The van der Waals surface area contributed by atoms with Crippen LogP contribution in [-0.4, -0.2) is 35.4 Å². The molecule has 4 aromatic rings. The summed E-state index contributed by atoms with van der Waals surface area (Å²) in [5.41, 5.74) is 3.56. The molecule has 1 atom stereocenters. The summed E-state index contributed by atoms with van der Waals surface area (Å²) in [5.74, 6) is 1.33. The molecule has 5 rings (SSSR count). The molecule has 2 heterocycles. The zero-order chi connectivity index (χ0) is 28.3. The molecule has 0 unspecified atom stereocenters. The molecule has 0 aliphatic carbocycles. The van der Waals surface area contributed by atoms with Crippen molar-refractivity contribution < 1.29 is 23.5 Å². The zero-order valence-electron chi connectivity index (χ0n) is 23.1. The van der Waals surface area contributed by atoms with Crippen LogP contribution in [0, 0.1) is 5.41 Å². The van der Waals surface area contributed by atoms with E-state index in [2.05, 4.69) is 28.5 Å². The lowest BCUT2D eigenvalue weighted by molar-refractivity contribution is -0.141. The Morgan fingerprint density at radius 3 is 2.45 bits per heavy atom. The van der Waals surface area contributed by atoms with Crippen molar-refractivity contribution in [2.24, 2.45) is 5.41 Å². The van der Waals surface area contributed by atoms with E-state index in [1.807, 2.05) is 56.0 Å². The lowest BCUT2D eigenvalue weighted by atomic mass is 9.85. The molecule has 1 aliphatic rings. The summed E-state index contributed by atoms with van der Waals surface area (Å²) in [6.45, 7) is 6.56. The van der Waals surface area contributed by atoms with Gasteiger partial charge in [0, 0.05) is 17.6 Å². The van der Waals surface area contributed by atoms with Gasteiger partial charge in [-0.1, -0.05) is 57.2 Å². The van der Waals surface area contributed by atoms with Crippen LogP contribution in [-0.2, 0) is 17.8 Å². The molecule has 0 bridgehead atoms. The maximum absolute atomic E-state index is 13.4. The van der Waals surface area contributed by atoms with Gasteiger partial charge < -0.3 is 24.1 Å². The average molecular weight is 540 g/mol. The summed E-state index contributed by atoms with van der Waals surface area (Å²) >= 11 is 0. The number of oxazole rings is 1. The third-order valence-electron chi connectivity index (χ3n) is 6.86. The van der Waals surface area contributed by atoms with Gasteiger partial charge in [0.05, 0.1) is 13.2 Å². The van der Waals surface area contributed by atoms with Crippen molar-refractivity contribution in [2.45, 2.75) is 39.8 Å². The number of hydrogen-bond donors (Lipinski definition) is 1. The normalized spacial score (nSPS) is 14.8. The number of anilines is 1. The van der Waals surface area contributed by atoms with E-state index in [9.17, 15) is 9.59 Å². The number of carbonyl (C=O) groups excluding carboxylic acids is 2. The Bertz CT molecular complexity index is 1490. The summed E-state index contributed by atoms with van der Waals surface area (Å²) in [6.07, 6.45) is 2.08. The number of nitrogens with zero attached hydrogens (tertiary/aromatic N) is 2. The SMILES string of the molecule is COc1ccc(NC(=O)c2coc(COc3ccc4c(c3)[C@@H](c3ccccc3)N(C(=O)C(C)(C)C)CC4)n2)cc1. The summed E-state index contributed by atoms with van der Waals surface area (Å²) in [4.78, 5) is 32.3. The maximum atomic E-state index is 13.4. The highest BCUT2D eigenvalue weighted by atomic mass is 16.5. The van der Waals surface area contributed by atoms with E-state index in [0.29, 0.717) is 23.7 Å². The average Bonchev–Trinajstić information content (AvgIpc) is 3.45. The highest BCUT2D eigenvalue weighted by molar-refractivity contribution is 6.02. The summed E-state index contributed by atoms with van der Waals surface area (Å²) in [5, 5.41) is 2.78. The molecule has 0 radical (unpaired) electrons. The standard InChI is InChI=1S/C32H33N3O5/c1-32(2,3)31(37)35-17-16-21-10-13-25(18-26(21)29(35)22-8-6-5-7-9-22)39-20-28-34-27(19-40-28)30(36)33-23-11-14-24(38-4)15-12-23/h5-15,18-19,29H,16-17,20H2,1-4H3,(H,33,36)/t29-/m1/s1.